The number of aromatic nitrogens is 1. The standard InChI is InChI=1S/C16H18N2O4/c1-18-8-7-12(9-15(18)20)16(21)17-10-14(19)11-3-5-13(22-2)6-4-11/h3-9,14,19H,10H2,1-2H3,(H,17,21). The number of amides is 1. The van der Waals surface area contributed by atoms with Crippen molar-refractivity contribution in [1.82, 2.24) is 9.88 Å². The zero-order valence-corrected chi connectivity index (χ0v) is 12.4. The second-order valence-electron chi connectivity index (χ2n) is 4.86. The van der Waals surface area contributed by atoms with E-state index in [9.17, 15) is 14.7 Å². The molecule has 0 aliphatic heterocycles. The first-order valence-electron chi connectivity index (χ1n) is 6.78. The second kappa shape index (κ2) is 6.91. The van der Waals surface area contributed by atoms with Gasteiger partial charge in [0.1, 0.15) is 5.75 Å². The Labute approximate surface area is 128 Å². The summed E-state index contributed by atoms with van der Waals surface area (Å²) < 4.78 is 6.42. The van der Waals surface area contributed by atoms with E-state index in [4.69, 9.17) is 4.74 Å². The summed E-state index contributed by atoms with van der Waals surface area (Å²) in [6.07, 6.45) is 0.693. The lowest BCUT2D eigenvalue weighted by molar-refractivity contribution is 0.0916. The van der Waals surface area contributed by atoms with Gasteiger partial charge in [-0.2, -0.15) is 0 Å². The minimum Gasteiger partial charge on any atom is -0.497 e. The maximum atomic E-state index is 12.0. The smallest absolute Gasteiger partial charge is 0.251 e. The van der Waals surface area contributed by atoms with Gasteiger partial charge < -0.3 is 19.7 Å². The van der Waals surface area contributed by atoms with Crippen LogP contribution in [-0.2, 0) is 7.05 Å². The third-order valence-corrected chi connectivity index (χ3v) is 3.32. The van der Waals surface area contributed by atoms with Gasteiger partial charge >= 0.3 is 0 Å². The average Bonchev–Trinajstić information content (AvgIpc) is 2.54. The number of nitrogens with zero attached hydrogens (tertiary/aromatic N) is 1. The molecular formula is C16H18N2O4. The highest BCUT2D eigenvalue weighted by molar-refractivity contribution is 5.93. The summed E-state index contributed by atoms with van der Waals surface area (Å²) in [6.45, 7) is 0.0559. The first-order chi connectivity index (χ1) is 10.5. The second-order valence-corrected chi connectivity index (χ2v) is 4.86. The average molecular weight is 302 g/mol. The van der Waals surface area contributed by atoms with Crippen molar-refractivity contribution in [2.24, 2.45) is 7.05 Å². The van der Waals surface area contributed by atoms with Crippen LogP contribution in [0.3, 0.4) is 0 Å². The number of rotatable bonds is 5. The van der Waals surface area contributed by atoms with E-state index in [0.29, 0.717) is 11.3 Å². The number of ether oxygens (including phenoxy) is 1. The van der Waals surface area contributed by atoms with Gasteiger partial charge in [0.2, 0.25) is 0 Å². The van der Waals surface area contributed by atoms with Crippen molar-refractivity contribution < 1.29 is 14.6 Å². The van der Waals surface area contributed by atoms with Crippen molar-refractivity contribution >= 4 is 5.91 Å². The van der Waals surface area contributed by atoms with Crippen LogP contribution in [0.1, 0.15) is 22.0 Å². The van der Waals surface area contributed by atoms with Crippen LogP contribution in [0, 0.1) is 0 Å². The Balaban J connectivity index is 1.97. The van der Waals surface area contributed by atoms with Gasteiger partial charge in [0.05, 0.1) is 13.2 Å². The predicted octanol–water partition coefficient (Wildman–Crippen LogP) is 0.857. The number of pyridine rings is 1. The summed E-state index contributed by atoms with van der Waals surface area (Å²) >= 11 is 0. The largest absolute Gasteiger partial charge is 0.497 e. The Kier molecular flexibility index (Phi) is 4.95. The fraction of sp³-hybridized carbons (Fsp3) is 0.250. The molecule has 22 heavy (non-hydrogen) atoms. The number of aliphatic hydroxyl groups is 1. The van der Waals surface area contributed by atoms with Gasteiger partial charge in [-0.15, -0.1) is 0 Å². The number of hydrogen-bond acceptors (Lipinski definition) is 4. The molecule has 0 aliphatic rings. The summed E-state index contributed by atoms with van der Waals surface area (Å²) in [7, 11) is 3.17. The van der Waals surface area contributed by atoms with E-state index in [1.807, 2.05) is 0 Å². The van der Waals surface area contributed by atoms with Gasteiger partial charge in [-0.1, -0.05) is 12.1 Å². The van der Waals surface area contributed by atoms with Crippen LogP contribution >= 0.6 is 0 Å². The van der Waals surface area contributed by atoms with Gasteiger partial charge in [0, 0.05) is 31.4 Å². The van der Waals surface area contributed by atoms with E-state index in [2.05, 4.69) is 5.32 Å². The molecule has 1 amide bonds. The molecule has 2 N–H and O–H groups in total. The molecule has 0 radical (unpaired) electrons. The monoisotopic (exact) mass is 302 g/mol. The SMILES string of the molecule is COc1ccc(C(O)CNC(=O)c2ccn(C)c(=O)c2)cc1. The van der Waals surface area contributed by atoms with Crippen LogP contribution in [0.2, 0.25) is 0 Å². The van der Waals surface area contributed by atoms with Gasteiger partial charge in [-0.3, -0.25) is 9.59 Å². The maximum absolute atomic E-state index is 12.0. The molecule has 116 valence electrons. The van der Waals surface area contributed by atoms with Gasteiger partial charge in [0.15, 0.2) is 0 Å². The van der Waals surface area contributed by atoms with Crippen LogP contribution in [0.4, 0.5) is 0 Å². The van der Waals surface area contributed by atoms with Crippen LogP contribution in [0.25, 0.3) is 0 Å². The summed E-state index contributed by atoms with van der Waals surface area (Å²) in [5, 5.41) is 12.7. The molecule has 0 aliphatic carbocycles. The lowest BCUT2D eigenvalue weighted by atomic mass is 10.1. The lowest BCUT2D eigenvalue weighted by Gasteiger charge is -2.13. The van der Waals surface area contributed by atoms with Crippen molar-refractivity contribution in [3.63, 3.8) is 0 Å². The zero-order valence-electron chi connectivity index (χ0n) is 12.4. The highest BCUT2D eigenvalue weighted by Gasteiger charge is 2.11. The van der Waals surface area contributed by atoms with Crippen LogP contribution < -0.4 is 15.6 Å². The van der Waals surface area contributed by atoms with Crippen molar-refractivity contribution in [2.75, 3.05) is 13.7 Å². The number of hydrogen-bond donors (Lipinski definition) is 2. The molecule has 6 heteroatoms. The van der Waals surface area contributed by atoms with Gasteiger partial charge in [0.25, 0.3) is 11.5 Å². The van der Waals surface area contributed by atoms with E-state index in [1.54, 1.807) is 44.5 Å². The number of methoxy groups -OCH3 is 1. The molecule has 0 saturated heterocycles. The minimum atomic E-state index is -0.832. The van der Waals surface area contributed by atoms with E-state index in [-0.39, 0.29) is 17.7 Å². The molecule has 6 nitrogen and oxygen atoms in total. The summed E-state index contributed by atoms with van der Waals surface area (Å²) in [6, 6.07) is 9.75. The van der Waals surface area contributed by atoms with Crippen molar-refractivity contribution in [3.05, 3.63) is 64.1 Å². The maximum Gasteiger partial charge on any atom is 0.251 e. The Hall–Kier alpha value is -2.60. The Bertz CT molecular complexity index is 707. The number of benzene rings is 1. The highest BCUT2D eigenvalue weighted by atomic mass is 16.5. The highest BCUT2D eigenvalue weighted by Crippen LogP contribution is 2.17. The molecule has 1 aromatic carbocycles. The predicted molar refractivity (Wildman–Crippen MR) is 82.0 cm³/mol. The fourth-order valence-corrected chi connectivity index (χ4v) is 1.93. The van der Waals surface area contributed by atoms with Crippen LogP contribution in [-0.4, -0.2) is 29.2 Å². The molecule has 1 aromatic heterocycles. The number of carbonyl (C=O) groups is 1. The molecule has 1 heterocycles. The molecule has 2 rings (SSSR count). The van der Waals surface area contributed by atoms with E-state index in [1.165, 1.54) is 16.8 Å². The Morgan fingerprint density at radius 3 is 2.59 bits per heavy atom. The molecule has 0 fully saturated rings. The topological polar surface area (TPSA) is 80.6 Å². The normalized spacial score (nSPS) is 11.8. The quantitative estimate of drug-likeness (QED) is 0.858. The first-order valence-corrected chi connectivity index (χ1v) is 6.78. The Morgan fingerprint density at radius 2 is 2.00 bits per heavy atom. The molecule has 1 atom stereocenters. The van der Waals surface area contributed by atoms with Gasteiger partial charge in [-0.25, -0.2) is 0 Å². The van der Waals surface area contributed by atoms with Crippen LogP contribution in [0.5, 0.6) is 5.75 Å². The number of aryl methyl sites for hydroxylation is 1. The van der Waals surface area contributed by atoms with Crippen molar-refractivity contribution in [2.45, 2.75) is 6.10 Å². The Morgan fingerprint density at radius 1 is 1.32 bits per heavy atom. The molecule has 1 unspecified atom stereocenters. The molecule has 2 aromatic rings. The lowest BCUT2D eigenvalue weighted by Crippen LogP contribution is -2.29. The molecule has 0 spiro atoms. The summed E-state index contributed by atoms with van der Waals surface area (Å²) in [4.78, 5) is 23.4. The van der Waals surface area contributed by atoms with E-state index < -0.39 is 12.0 Å². The number of carbonyl (C=O) groups excluding carboxylic acids is 1. The fourth-order valence-electron chi connectivity index (χ4n) is 1.93. The van der Waals surface area contributed by atoms with Crippen molar-refractivity contribution in [3.8, 4) is 5.75 Å². The molecule has 0 saturated carbocycles. The first kappa shape index (κ1) is 15.8. The number of aliphatic hydroxyl groups excluding tert-OH is 1. The zero-order chi connectivity index (χ0) is 16.1. The molecular weight excluding hydrogens is 284 g/mol. The number of nitrogens with one attached hydrogen (secondary N) is 1. The van der Waals surface area contributed by atoms with E-state index in [0.717, 1.165) is 0 Å². The third-order valence-electron chi connectivity index (χ3n) is 3.32. The van der Waals surface area contributed by atoms with E-state index >= 15 is 0 Å². The summed E-state index contributed by atoms with van der Waals surface area (Å²) in [5.41, 5.74) is 0.679. The van der Waals surface area contributed by atoms with Crippen molar-refractivity contribution in [1.29, 1.82) is 0 Å². The van der Waals surface area contributed by atoms with Crippen LogP contribution in [0.15, 0.2) is 47.4 Å². The molecule has 0 bridgehead atoms. The minimum absolute atomic E-state index is 0.0559. The third kappa shape index (κ3) is 3.73. The summed E-state index contributed by atoms with van der Waals surface area (Å²) in [5.74, 6) is 0.297. The van der Waals surface area contributed by atoms with Gasteiger partial charge in [-0.05, 0) is 23.8 Å².